The van der Waals surface area contributed by atoms with E-state index in [4.69, 9.17) is 36.8 Å². The van der Waals surface area contributed by atoms with Crippen LogP contribution in [-0.4, -0.2) is 53.9 Å². The van der Waals surface area contributed by atoms with E-state index in [0.29, 0.717) is 30.3 Å². The molecule has 41 heavy (non-hydrogen) atoms. The van der Waals surface area contributed by atoms with Gasteiger partial charge in [-0.2, -0.15) is 0 Å². The smallest absolute Gasteiger partial charge is 0.278 e. The quantitative estimate of drug-likeness (QED) is 0.289. The Labute approximate surface area is 241 Å². The standard InChI is InChI=1S/C27H23B2ClF3N5O3/c1-13-10-35-21(17-6-7-34-25(37-17)26(3,4)12-40-5)20(33)22(13)38-14(2)8-18(19(30)24(38)39)41-27(28,29)23-16(32)9-15(31)11-36-23/h6-11H,12H2,1-5H3. The molecule has 4 aromatic rings. The summed E-state index contributed by atoms with van der Waals surface area (Å²) in [7, 11) is 13.4. The first kappa shape index (κ1) is 30.3. The van der Waals surface area contributed by atoms with E-state index in [9.17, 15) is 13.6 Å². The van der Waals surface area contributed by atoms with Crippen molar-refractivity contribution in [2.75, 3.05) is 13.7 Å². The van der Waals surface area contributed by atoms with Crippen molar-refractivity contribution in [2.24, 2.45) is 0 Å². The van der Waals surface area contributed by atoms with E-state index in [-0.39, 0.29) is 28.5 Å². The van der Waals surface area contributed by atoms with Crippen molar-refractivity contribution in [3.63, 3.8) is 0 Å². The number of ether oxygens (including phenoxy) is 2. The molecule has 4 rings (SSSR count). The summed E-state index contributed by atoms with van der Waals surface area (Å²) in [6, 6.07) is 3.30. The van der Waals surface area contributed by atoms with E-state index in [2.05, 4.69) is 19.9 Å². The molecule has 0 N–H and O–H groups in total. The Bertz CT molecular complexity index is 1700. The minimum atomic E-state index is -2.43. The topological polar surface area (TPSA) is 92.0 Å². The molecule has 0 aliphatic rings. The summed E-state index contributed by atoms with van der Waals surface area (Å²) < 4.78 is 55.5. The van der Waals surface area contributed by atoms with Crippen molar-refractivity contribution in [3.05, 3.63) is 92.4 Å². The fourth-order valence-corrected chi connectivity index (χ4v) is 4.40. The van der Waals surface area contributed by atoms with Crippen molar-refractivity contribution in [2.45, 2.75) is 38.5 Å². The molecule has 208 valence electrons. The van der Waals surface area contributed by atoms with Gasteiger partial charge in [-0.1, -0.05) is 25.4 Å². The SMILES string of the molecule is [B]C([B])(Oc1cc(C)n(-c2c(C)cnc(-c3ccnc(C(C)(C)COC)n3)c2F)c(=O)c1Cl)c1ncc(F)cc1F. The maximum atomic E-state index is 16.1. The molecule has 0 aliphatic carbocycles. The normalized spacial score (nSPS) is 12.0. The number of aromatic nitrogens is 5. The number of methoxy groups -OCH3 is 1. The van der Waals surface area contributed by atoms with Crippen LogP contribution >= 0.6 is 11.6 Å². The second-order valence-electron chi connectivity index (χ2n) is 10.0. The fourth-order valence-electron chi connectivity index (χ4n) is 4.23. The molecule has 0 aromatic carbocycles. The van der Waals surface area contributed by atoms with Crippen LogP contribution in [0, 0.1) is 31.3 Å². The highest BCUT2D eigenvalue weighted by Gasteiger charge is 2.30. The third kappa shape index (κ3) is 5.87. The van der Waals surface area contributed by atoms with Crippen LogP contribution < -0.4 is 10.3 Å². The highest BCUT2D eigenvalue weighted by molar-refractivity contribution is 6.39. The first-order valence-electron chi connectivity index (χ1n) is 12.2. The molecular formula is C27H23B2ClF3N5O3. The largest absolute Gasteiger partial charge is 0.499 e. The summed E-state index contributed by atoms with van der Waals surface area (Å²) in [4.78, 5) is 30.0. The van der Waals surface area contributed by atoms with Crippen molar-refractivity contribution < 1.29 is 22.6 Å². The molecule has 0 aliphatic heterocycles. The lowest BCUT2D eigenvalue weighted by Crippen LogP contribution is -2.37. The average Bonchev–Trinajstić information content (AvgIpc) is 2.88. The van der Waals surface area contributed by atoms with E-state index >= 15 is 4.39 Å². The molecule has 0 spiro atoms. The molecule has 0 saturated heterocycles. The maximum absolute atomic E-state index is 16.1. The van der Waals surface area contributed by atoms with Crippen LogP contribution in [0.15, 0.2) is 41.6 Å². The maximum Gasteiger partial charge on any atom is 0.278 e. The molecule has 4 radical (unpaired) electrons. The van der Waals surface area contributed by atoms with Crippen LogP contribution in [0.5, 0.6) is 5.75 Å². The molecule has 4 aromatic heterocycles. The van der Waals surface area contributed by atoms with Gasteiger partial charge in [0.1, 0.15) is 55.3 Å². The van der Waals surface area contributed by atoms with E-state index in [1.807, 2.05) is 13.8 Å². The third-order valence-electron chi connectivity index (χ3n) is 6.17. The summed E-state index contributed by atoms with van der Waals surface area (Å²) in [6.45, 7) is 7.15. The number of halogens is 4. The van der Waals surface area contributed by atoms with Crippen LogP contribution in [0.4, 0.5) is 13.2 Å². The zero-order chi connectivity index (χ0) is 30.3. The summed E-state index contributed by atoms with van der Waals surface area (Å²) in [5.74, 6) is -2.87. The highest BCUT2D eigenvalue weighted by atomic mass is 35.5. The predicted molar refractivity (Wildman–Crippen MR) is 148 cm³/mol. The lowest BCUT2D eigenvalue weighted by molar-refractivity contribution is 0.142. The number of hydrogen-bond donors (Lipinski definition) is 0. The molecule has 0 atom stereocenters. The Morgan fingerprint density at radius 1 is 1.07 bits per heavy atom. The van der Waals surface area contributed by atoms with Gasteiger partial charge in [-0.05, 0) is 25.5 Å². The van der Waals surface area contributed by atoms with Gasteiger partial charge in [-0.25, -0.2) is 23.1 Å². The predicted octanol–water partition coefficient (Wildman–Crippen LogP) is 4.22. The summed E-state index contributed by atoms with van der Waals surface area (Å²) in [5, 5.41) is -2.96. The Morgan fingerprint density at radius 2 is 1.78 bits per heavy atom. The number of aryl methyl sites for hydroxylation is 2. The summed E-state index contributed by atoms with van der Waals surface area (Å²) >= 11 is 6.33. The van der Waals surface area contributed by atoms with E-state index in [0.717, 1.165) is 4.57 Å². The van der Waals surface area contributed by atoms with Gasteiger partial charge < -0.3 is 9.47 Å². The van der Waals surface area contributed by atoms with Gasteiger partial charge in [0.05, 0.1) is 29.6 Å². The van der Waals surface area contributed by atoms with E-state index in [1.165, 1.54) is 31.5 Å². The van der Waals surface area contributed by atoms with Crippen molar-refractivity contribution >= 4 is 27.3 Å². The molecule has 0 bridgehead atoms. The first-order valence-corrected chi connectivity index (χ1v) is 12.5. The number of rotatable bonds is 8. The second-order valence-corrected chi connectivity index (χ2v) is 10.4. The summed E-state index contributed by atoms with van der Waals surface area (Å²) in [5.41, 5.74) is -1.64. The molecule has 4 heterocycles. The molecule has 0 saturated carbocycles. The van der Waals surface area contributed by atoms with Gasteiger partial charge in [-0.3, -0.25) is 19.3 Å². The van der Waals surface area contributed by atoms with Crippen molar-refractivity contribution in [3.8, 4) is 22.8 Å². The molecule has 0 unspecified atom stereocenters. The van der Waals surface area contributed by atoms with Gasteiger partial charge in [0.25, 0.3) is 5.56 Å². The van der Waals surface area contributed by atoms with E-state index < -0.39 is 44.5 Å². The van der Waals surface area contributed by atoms with Gasteiger partial charge in [0.2, 0.25) is 0 Å². The monoisotopic (exact) mass is 579 g/mol. The van der Waals surface area contributed by atoms with Crippen LogP contribution in [0.1, 0.15) is 36.6 Å². The summed E-state index contributed by atoms with van der Waals surface area (Å²) in [6.07, 6.45) is 3.58. The zero-order valence-corrected chi connectivity index (χ0v) is 23.6. The van der Waals surface area contributed by atoms with E-state index in [1.54, 1.807) is 14.0 Å². The minimum absolute atomic E-state index is 0.119. The molecular weight excluding hydrogens is 556 g/mol. The van der Waals surface area contributed by atoms with Gasteiger partial charge in [-0.15, -0.1) is 0 Å². The van der Waals surface area contributed by atoms with Gasteiger partial charge in [0.15, 0.2) is 5.82 Å². The number of pyridine rings is 3. The lowest BCUT2D eigenvalue weighted by Gasteiger charge is -2.28. The van der Waals surface area contributed by atoms with Crippen LogP contribution in [0.25, 0.3) is 17.1 Å². The Hall–Kier alpha value is -3.70. The molecule has 14 heteroatoms. The Morgan fingerprint density at radius 3 is 2.44 bits per heavy atom. The Kier molecular flexibility index (Phi) is 8.33. The van der Waals surface area contributed by atoms with Crippen molar-refractivity contribution in [1.82, 2.24) is 24.5 Å². The van der Waals surface area contributed by atoms with Gasteiger partial charge >= 0.3 is 0 Å². The first-order chi connectivity index (χ1) is 19.2. The van der Waals surface area contributed by atoms with Crippen LogP contribution in [0.2, 0.25) is 5.02 Å². The molecule has 0 fully saturated rings. The third-order valence-corrected chi connectivity index (χ3v) is 6.51. The lowest BCUT2D eigenvalue weighted by atomic mass is 9.62. The fraction of sp³-hybridized carbons (Fsp3) is 0.296. The number of nitrogens with zero attached hydrogens (tertiary/aromatic N) is 5. The van der Waals surface area contributed by atoms with Gasteiger partial charge in [0, 0.05) is 42.7 Å². The highest BCUT2D eigenvalue weighted by Crippen LogP contribution is 2.32. The second kappa shape index (κ2) is 11.3. The number of hydrogen-bond acceptors (Lipinski definition) is 7. The van der Waals surface area contributed by atoms with Crippen LogP contribution in [-0.2, 0) is 15.6 Å². The molecule has 0 amide bonds. The Balaban J connectivity index is 1.81. The van der Waals surface area contributed by atoms with Crippen molar-refractivity contribution in [1.29, 1.82) is 0 Å². The van der Waals surface area contributed by atoms with Crippen LogP contribution in [0.3, 0.4) is 0 Å². The minimum Gasteiger partial charge on any atom is -0.499 e. The molecule has 8 nitrogen and oxygen atoms in total. The average molecular weight is 580 g/mol. The zero-order valence-electron chi connectivity index (χ0n) is 22.8.